The molecule has 2 aromatic rings. The van der Waals surface area contributed by atoms with Crippen LogP contribution in [-0.4, -0.2) is 23.1 Å². The number of hydrogen-bond donors (Lipinski definition) is 0. The van der Waals surface area contributed by atoms with E-state index in [4.69, 9.17) is 9.47 Å². The van der Waals surface area contributed by atoms with E-state index < -0.39 is 5.60 Å². The Morgan fingerprint density at radius 3 is 2.36 bits per heavy atom. The van der Waals surface area contributed by atoms with Gasteiger partial charge in [-0.2, -0.15) is 0 Å². The summed E-state index contributed by atoms with van der Waals surface area (Å²) in [5, 5.41) is 0. The van der Waals surface area contributed by atoms with Crippen LogP contribution in [0.3, 0.4) is 0 Å². The summed E-state index contributed by atoms with van der Waals surface area (Å²) in [7, 11) is 0. The van der Waals surface area contributed by atoms with Crippen LogP contribution in [0.1, 0.15) is 45.7 Å². The van der Waals surface area contributed by atoms with Crippen molar-refractivity contribution in [2.45, 2.75) is 53.4 Å². The van der Waals surface area contributed by atoms with Gasteiger partial charge in [0.25, 0.3) is 0 Å². The molecule has 0 saturated carbocycles. The van der Waals surface area contributed by atoms with E-state index in [9.17, 15) is 4.79 Å². The van der Waals surface area contributed by atoms with Crippen molar-refractivity contribution >= 4 is 22.0 Å². The van der Waals surface area contributed by atoms with E-state index >= 15 is 0 Å². The molecule has 0 aliphatic carbocycles. The highest BCUT2D eigenvalue weighted by molar-refractivity contribution is 9.10. The third kappa shape index (κ3) is 7.93. The van der Waals surface area contributed by atoms with E-state index in [1.54, 1.807) is 4.90 Å². The first-order chi connectivity index (χ1) is 13.1. The van der Waals surface area contributed by atoms with E-state index in [2.05, 4.69) is 29.8 Å². The minimum atomic E-state index is -0.520. The highest BCUT2D eigenvalue weighted by Crippen LogP contribution is 2.24. The van der Waals surface area contributed by atoms with Gasteiger partial charge in [-0.15, -0.1) is 0 Å². The molecule has 0 fully saturated rings. The van der Waals surface area contributed by atoms with Crippen LogP contribution in [0.4, 0.5) is 4.79 Å². The minimum Gasteiger partial charge on any atom is -0.489 e. The Kier molecular flexibility index (Phi) is 7.93. The second-order valence-corrected chi connectivity index (χ2v) is 9.24. The maximum Gasteiger partial charge on any atom is 0.410 e. The zero-order chi connectivity index (χ0) is 20.7. The van der Waals surface area contributed by atoms with E-state index in [1.807, 2.05) is 69.3 Å². The Morgan fingerprint density at radius 1 is 1.07 bits per heavy atom. The lowest BCUT2D eigenvalue weighted by molar-refractivity contribution is 0.0211. The molecule has 2 aromatic carbocycles. The van der Waals surface area contributed by atoms with Crippen LogP contribution < -0.4 is 4.74 Å². The number of amides is 1. The number of carbonyl (C=O) groups is 1. The van der Waals surface area contributed by atoms with Gasteiger partial charge in [0.1, 0.15) is 18.0 Å². The summed E-state index contributed by atoms with van der Waals surface area (Å²) in [5.74, 6) is 1.11. The summed E-state index contributed by atoms with van der Waals surface area (Å²) in [6.45, 7) is 11.4. The van der Waals surface area contributed by atoms with Crippen molar-refractivity contribution in [3.05, 3.63) is 64.1 Å². The quantitative estimate of drug-likeness (QED) is 0.491. The normalized spacial score (nSPS) is 11.4. The zero-order valence-corrected chi connectivity index (χ0v) is 19.0. The van der Waals surface area contributed by atoms with Crippen molar-refractivity contribution in [3.8, 4) is 5.75 Å². The maximum atomic E-state index is 12.6. The first-order valence-electron chi connectivity index (χ1n) is 9.56. The highest BCUT2D eigenvalue weighted by Gasteiger charge is 2.23. The maximum absolute atomic E-state index is 12.6. The number of ether oxygens (including phenoxy) is 2. The van der Waals surface area contributed by atoms with Gasteiger partial charge in [0, 0.05) is 17.6 Å². The van der Waals surface area contributed by atoms with Gasteiger partial charge in [-0.1, -0.05) is 60.1 Å². The molecule has 152 valence electrons. The first kappa shape index (κ1) is 22.3. The van der Waals surface area contributed by atoms with Crippen molar-refractivity contribution < 1.29 is 14.3 Å². The molecule has 5 heteroatoms. The lowest BCUT2D eigenvalue weighted by Crippen LogP contribution is -2.38. The molecule has 0 bridgehead atoms. The standard InChI is InChI=1S/C23H30BrNO3/c1-17(2)14-25(22(26)28-23(3,4)5)15-19-11-20(24)13-21(12-19)27-16-18-9-7-6-8-10-18/h6-13,17H,14-16H2,1-5H3. The molecule has 0 saturated heterocycles. The van der Waals surface area contributed by atoms with Crippen LogP contribution in [0.15, 0.2) is 53.0 Å². The van der Waals surface area contributed by atoms with Crippen LogP contribution >= 0.6 is 15.9 Å². The van der Waals surface area contributed by atoms with Crippen molar-refractivity contribution in [1.29, 1.82) is 0 Å². The van der Waals surface area contributed by atoms with Gasteiger partial charge in [0.15, 0.2) is 0 Å². The molecule has 0 N–H and O–H groups in total. The predicted octanol–water partition coefficient (Wildman–Crippen LogP) is 6.42. The van der Waals surface area contributed by atoms with Crippen molar-refractivity contribution in [3.63, 3.8) is 0 Å². The number of halogens is 1. The Balaban J connectivity index is 2.12. The lowest BCUT2D eigenvalue weighted by atomic mass is 10.1. The Labute approximate surface area is 177 Å². The van der Waals surface area contributed by atoms with Gasteiger partial charge in [-0.25, -0.2) is 4.79 Å². The summed E-state index contributed by atoms with van der Waals surface area (Å²) in [6.07, 6.45) is -0.298. The largest absolute Gasteiger partial charge is 0.489 e. The van der Waals surface area contributed by atoms with Gasteiger partial charge >= 0.3 is 6.09 Å². The van der Waals surface area contributed by atoms with Crippen LogP contribution in [0, 0.1) is 5.92 Å². The Morgan fingerprint density at radius 2 is 1.75 bits per heavy atom. The number of hydrogen-bond acceptors (Lipinski definition) is 3. The second-order valence-electron chi connectivity index (χ2n) is 8.32. The van der Waals surface area contributed by atoms with E-state index in [1.165, 1.54) is 0 Å². The van der Waals surface area contributed by atoms with Gasteiger partial charge in [0.05, 0.1) is 0 Å². The zero-order valence-electron chi connectivity index (χ0n) is 17.4. The summed E-state index contributed by atoms with van der Waals surface area (Å²) >= 11 is 3.55. The molecule has 1 amide bonds. The van der Waals surface area contributed by atoms with Crippen LogP contribution in [0.25, 0.3) is 0 Å². The third-order valence-electron chi connectivity index (χ3n) is 3.79. The monoisotopic (exact) mass is 447 g/mol. The van der Waals surface area contributed by atoms with Crippen molar-refractivity contribution in [1.82, 2.24) is 4.90 Å². The molecular weight excluding hydrogens is 418 g/mol. The molecule has 28 heavy (non-hydrogen) atoms. The van der Waals surface area contributed by atoms with Gasteiger partial charge in [-0.05, 0) is 56.0 Å². The number of rotatable bonds is 7. The van der Waals surface area contributed by atoms with E-state index in [0.29, 0.717) is 25.6 Å². The average Bonchev–Trinajstić information content (AvgIpc) is 2.58. The molecular formula is C23H30BrNO3. The van der Waals surface area contributed by atoms with Crippen LogP contribution in [0.2, 0.25) is 0 Å². The smallest absolute Gasteiger partial charge is 0.410 e. The molecule has 4 nitrogen and oxygen atoms in total. The SMILES string of the molecule is CC(C)CN(Cc1cc(Br)cc(OCc2ccccc2)c1)C(=O)OC(C)(C)C. The molecule has 0 atom stereocenters. The molecule has 0 spiro atoms. The molecule has 2 rings (SSSR count). The van der Waals surface area contributed by atoms with Crippen molar-refractivity contribution in [2.75, 3.05) is 6.54 Å². The van der Waals surface area contributed by atoms with Gasteiger partial charge in [-0.3, -0.25) is 0 Å². The fourth-order valence-electron chi connectivity index (χ4n) is 2.73. The van der Waals surface area contributed by atoms with Crippen LogP contribution in [-0.2, 0) is 17.9 Å². The van der Waals surface area contributed by atoms with E-state index in [-0.39, 0.29) is 6.09 Å². The predicted molar refractivity (Wildman–Crippen MR) is 116 cm³/mol. The highest BCUT2D eigenvalue weighted by atomic mass is 79.9. The van der Waals surface area contributed by atoms with Gasteiger partial charge < -0.3 is 14.4 Å². The number of carbonyl (C=O) groups excluding carboxylic acids is 1. The molecule has 0 unspecified atom stereocenters. The second kappa shape index (κ2) is 9.97. The first-order valence-corrected chi connectivity index (χ1v) is 10.4. The molecule has 0 heterocycles. The summed E-state index contributed by atoms with van der Waals surface area (Å²) < 4.78 is 12.5. The molecule has 0 radical (unpaired) electrons. The van der Waals surface area contributed by atoms with E-state index in [0.717, 1.165) is 21.3 Å². The molecule has 0 aromatic heterocycles. The lowest BCUT2D eigenvalue weighted by Gasteiger charge is -2.28. The summed E-state index contributed by atoms with van der Waals surface area (Å²) in [6, 6.07) is 16.0. The summed E-state index contributed by atoms with van der Waals surface area (Å²) in [5.41, 5.74) is 1.58. The molecule has 0 aliphatic rings. The average molecular weight is 448 g/mol. The summed E-state index contributed by atoms with van der Waals surface area (Å²) in [4.78, 5) is 14.4. The fraction of sp³-hybridized carbons (Fsp3) is 0.435. The fourth-order valence-corrected chi connectivity index (χ4v) is 3.25. The number of benzene rings is 2. The molecule has 0 aliphatic heterocycles. The van der Waals surface area contributed by atoms with Crippen molar-refractivity contribution in [2.24, 2.45) is 5.92 Å². The Bertz CT molecular complexity index is 769. The minimum absolute atomic E-state index is 0.298. The van der Waals surface area contributed by atoms with Gasteiger partial charge in [0.2, 0.25) is 0 Å². The number of nitrogens with zero attached hydrogens (tertiary/aromatic N) is 1. The topological polar surface area (TPSA) is 38.8 Å². The third-order valence-corrected chi connectivity index (χ3v) is 4.25. The van der Waals surface area contributed by atoms with Crippen LogP contribution in [0.5, 0.6) is 5.75 Å². The Hall–Kier alpha value is -2.01.